The minimum atomic E-state index is 0.338. The highest BCUT2D eigenvalue weighted by atomic mass is 16.5. The van der Waals surface area contributed by atoms with E-state index in [-0.39, 0.29) is 0 Å². The minimum absolute atomic E-state index is 0.338. The van der Waals surface area contributed by atoms with Crippen molar-refractivity contribution < 1.29 is 4.74 Å². The number of hydrogen-bond donors (Lipinski definition) is 0. The van der Waals surface area contributed by atoms with Crippen molar-refractivity contribution in [2.75, 3.05) is 19.1 Å². The zero-order valence-electron chi connectivity index (χ0n) is 16.6. The van der Waals surface area contributed by atoms with E-state index in [4.69, 9.17) is 14.8 Å². The largest absolute Gasteiger partial charge is 0.377 e. The summed E-state index contributed by atoms with van der Waals surface area (Å²) < 4.78 is 9.07. The normalized spacial score (nSPS) is 11.7. The molecule has 0 radical (unpaired) electrons. The lowest BCUT2D eigenvalue weighted by atomic mass is 10.2. The molecule has 26 heavy (non-hydrogen) atoms. The summed E-state index contributed by atoms with van der Waals surface area (Å²) in [5.41, 5.74) is 4.28. The maximum Gasteiger partial charge on any atom is 0.163 e. The Balaban J connectivity index is 2.01. The Morgan fingerprint density at radius 3 is 2.58 bits per heavy atom. The molecule has 140 valence electrons. The van der Waals surface area contributed by atoms with Gasteiger partial charge in [0, 0.05) is 45.0 Å². The maximum absolute atomic E-state index is 5.23. The summed E-state index contributed by atoms with van der Waals surface area (Å²) in [6.07, 6.45) is 1.81. The molecule has 0 spiro atoms. The number of anilines is 1. The topological polar surface area (TPSA) is 73.9 Å². The van der Waals surface area contributed by atoms with Gasteiger partial charge in [-0.25, -0.2) is 9.97 Å². The molecule has 0 unspecified atom stereocenters. The van der Waals surface area contributed by atoms with E-state index in [1.807, 2.05) is 20.3 Å². The summed E-state index contributed by atoms with van der Waals surface area (Å²) >= 11 is 0. The summed E-state index contributed by atoms with van der Waals surface area (Å²) in [5, 5.41) is 9.96. The van der Waals surface area contributed by atoms with Gasteiger partial charge in [0.1, 0.15) is 12.4 Å². The molecule has 3 heterocycles. The van der Waals surface area contributed by atoms with Crippen molar-refractivity contribution in [3.63, 3.8) is 0 Å². The molecule has 3 aromatic rings. The van der Waals surface area contributed by atoms with Crippen molar-refractivity contribution in [2.24, 2.45) is 7.05 Å². The van der Waals surface area contributed by atoms with Crippen LogP contribution in [0.15, 0.2) is 6.20 Å². The van der Waals surface area contributed by atoms with E-state index in [0.29, 0.717) is 18.5 Å². The first-order valence-electron chi connectivity index (χ1n) is 8.76. The highest BCUT2D eigenvalue weighted by Gasteiger charge is 2.19. The molecule has 0 bridgehead atoms. The van der Waals surface area contributed by atoms with Gasteiger partial charge in [0.2, 0.25) is 0 Å². The second-order valence-electron chi connectivity index (χ2n) is 6.95. The first kappa shape index (κ1) is 18.3. The van der Waals surface area contributed by atoms with Crippen LogP contribution in [0.2, 0.25) is 0 Å². The van der Waals surface area contributed by atoms with Crippen LogP contribution in [0.5, 0.6) is 0 Å². The van der Waals surface area contributed by atoms with Crippen molar-refractivity contribution in [3.05, 3.63) is 29.0 Å². The van der Waals surface area contributed by atoms with E-state index in [0.717, 1.165) is 29.1 Å². The van der Waals surface area contributed by atoms with Gasteiger partial charge in [-0.3, -0.25) is 9.36 Å². The zero-order valence-corrected chi connectivity index (χ0v) is 16.6. The number of rotatable bonds is 6. The average molecular weight is 357 g/mol. The van der Waals surface area contributed by atoms with E-state index in [1.165, 1.54) is 11.3 Å². The van der Waals surface area contributed by atoms with E-state index in [1.54, 1.807) is 11.8 Å². The van der Waals surface area contributed by atoms with E-state index in [2.05, 4.69) is 47.4 Å². The van der Waals surface area contributed by atoms with E-state index in [9.17, 15) is 0 Å². The third kappa shape index (κ3) is 3.16. The lowest BCUT2D eigenvalue weighted by Crippen LogP contribution is -2.20. The predicted molar refractivity (Wildman–Crippen MR) is 101 cm³/mol. The van der Waals surface area contributed by atoms with E-state index >= 15 is 0 Å². The van der Waals surface area contributed by atoms with Gasteiger partial charge in [-0.15, -0.1) is 0 Å². The van der Waals surface area contributed by atoms with Crippen molar-refractivity contribution in [1.82, 2.24) is 29.5 Å². The van der Waals surface area contributed by atoms with Gasteiger partial charge in [0.05, 0.1) is 17.3 Å². The molecule has 0 aliphatic rings. The van der Waals surface area contributed by atoms with Gasteiger partial charge in [0.25, 0.3) is 0 Å². The minimum Gasteiger partial charge on any atom is -0.377 e. The molecule has 0 N–H and O–H groups in total. The SMILES string of the molecule is COCc1nc(N(C)Cc2c(C)nn(C(C)C)c2C)c2cnn(C)c2n1. The molecule has 0 aliphatic carbocycles. The number of methoxy groups -OCH3 is 1. The van der Waals surface area contributed by atoms with Gasteiger partial charge < -0.3 is 9.64 Å². The van der Waals surface area contributed by atoms with E-state index < -0.39 is 0 Å². The maximum atomic E-state index is 5.23. The molecule has 8 nitrogen and oxygen atoms in total. The summed E-state index contributed by atoms with van der Waals surface area (Å²) in [4.78, 5) is 11.4. The molecule has 0 aliphatic heterocycles. The van der Waals surface area contributed by atoms with Crippen LogP contribution in [0.3, 0.4) is 0 Å². The number of fused-ring (bicyclic) bond motifs is 1. The van der Waals surface area contributed by atoms with Gasteiger partial charge >= 0.3 is 0 Å². The molecule has 0 fully saturated rings. The fourth-order valence-electron chi connectivity index (χ4n) is 3.28. The zero-order chi connectivity index (χ0) is 19.0. The molecule has 0 amide bonds. The summed E-state index contributed by atoms with van der Waals surface area (Å²) in [7, 11) is 5.57. The first-order chi connectivity index (χ1) is 12.3. The lowest BCUT2D eigenvalue weighted by Gasteiger charge is -2.20. The second kappa shape index (κ2) is 7.03. The number of aryl methyl sites for hydroxylation is 2. The lowest BCUT2D eigenvalue weighted by molar-refractivity contribution is 0.178. The van der Waals surface area contributed by atoms with Crippen LogP contribution in [0.25, 0.3) is 11.0 Å². The Bertz CT molecular complexity index is 925. The molecule has 0 atom stereocenters. The van der Waals surface area contributed by atoms with Crippen molar-refractivity contribution in [1.29, 1.82) is 0 Å². The molecule has 0 saturated heterocycles. The van der Waals surface area contributed by atoms with Gasteiger partial charge in [-0.1, -0.05) is 0 Å². The van der Waals surface area contributed by atoms with Crippen LogP contribution < -0.4 is 4.90 Å². The fraction of sp³-hybridized carbons (Fsp3) is 0.556. The molecule has 8 heteroatoms. The summed E-state index contributed by atoms with van der Waals surface area (Å²) in [6, 6.07) is 0.338. The van der Waals surface area contributed by atoms with Gasteiger partial charge in [-0.05, 0) is 27.7 Å². The number of nitrogens with zero attached hydrogens (tertiary/aromatic N) is 7. The monoisotopic (exact) mass is 357 g/mol. The summed E-state index contributed by atoms with van der Waals surface area (Å²) in [6.45, 7) is 9.56. The van der Waals surface area contributed by atoms with Crippen LogP contribution in [-0.2, 0) is 24.9 Å². The summed E-state index contributed by atoms with van der Waals surface area (Å²) in [5.74, 6) is 1.50. The Hall–Kier alpha value is -2.48. The third-order valence-corrected chi connectivity index (χ3v) is 4.61. The third-order valence-electron chi connectivity index (χ3n) is 4.61. The number of ether oxygens (including phenoxy) is 1. The van der Waals surface area contributed by atoms with Crippen molar-refractivity contribution in [2.45, 2.75) is 46.9 Å². The number of aromatic nitrogens is 6. The molecular weight excluding hydrogens is 330 g/mol. The smallest absolute Gasteiger partial charge is 0.163 e. The molecule has 3 rings (SSSR count). The van der Waals surface area contributed by atoms with Crippen LogP contribution in [-0.4, -0.2) is 43.7 Å². The Morgan fingerprint density at radius 2 is 1.96 bits per heavy atom. The quantitative estimate of drug-likeness (QED) is 0.675. The molecule has 0 saturated carbocycles. The standard InChI is InChI=1S/C18H27N7O/c1-11(2)25-13(4)15(12(3)22-25)9-23(5)17-14-8-19-24(6)18(14)21-16(20-17)10-26-7/h8,11H,9-10H2,1-7H3. The van der Waals surface area contributed by atoms with Crippen molar-refractivity contribution >= 4 is 16.9 Å². The molecule has 3 aromatic heterocycles. The first-order valence-corrected chi connectivity index (χ1v) is 8.76. The average Bonchev–Trinajstić information content (AvgIpc) is 3.09. The van der Waals surface area contributed by atoms with Gasteiger partial charge in [-0.2, -0.15) is 10.2 Å². The Labute approximate surface area is 153 Å². The highest BCUT2D eigenvalue weighted by molar-refractivity contribution is 5.86. The highest BCUT2D eigenvalue weighted by Crippen LogP contribution is 2.26. The molecular formula is C18H27N7O. The van der Waals surface area contributed by atoms with Crippen LogP contribution >= 0.6 is 0 Å². The Morgan fingerprint density at radius 1 is 1.23 bits per heavy atom. The van der Waals surface area contributed by atoms with Crippen LogP contribution in [0.1, 0.15) is 42.7 Å². The van der Waals surface area contributed by atoms with Crippen LogP contribution in [0.4, 0.5) is 5.82 Å². The molecule has 0 aromatic carbocycles. The second-order valence-corrected chi connectivity index (χ2v) is 6.95. The number of hydrogen-bond acceptors (Lipinski definition) is 6. The Kier molecular flexibility index (Phi) is 4.95. The van der Waals surface area contributed by atoms with Crippen molar-refractivity contribution in [3.8, 4) is 0 Å². The predicted octanol–water partition coefficient (Wildman–Crippen LogP) is 2.54. The van der Waals surface area contributed by atoms with Crippen LogP contribution in [0, 0.1) is 13.8 Å². The van der Waals surface area contributed by atoms with Gasteiger partial charge in [0.15, 0.2) is 11.5 Å². The fourth-order valence-corrected chi connectivity index (χ4v) is 3.28.